The van der Waals surface area contributed by atoms with E-state index < -0.39 is 0 Å². The number of nitrogens with zero attached hydrogens (tertiary/aromatic N) is 5. The van der Waals surface area contributed by atoms with E-state index in [1.807, 2.05) is 31.2 Å². The van der Waals surface area contributed by atoms with Gasteiger partial charge in [-0.25, -0.2) is 4.98 Å². The van der Waals surface area contributed by atoms with Crippen LogP contribution in [-0.4, -0.2) is 77.9 Å². The van der Waals surface area contributed by atoms with E-state index in [0.29, 0.717) is 23.0 Å². The Morgan fingerprint density at radius 2 is 1.71 bits per heavy atom. The minimum absolute atomic E-state index is 0.0650. The predicted octanol–water partition coefficient (Wildman–Crippen LogP) is 3.72. The summed E-state index contributed by atoms with van der Waals surface area (Å²) in [6.45, 7) is 7.35. The molecule has 0 unspecified atom stereocenters. The van der Waals surface area contributed by atoms with Crippen LogP contribution >= 0.6 is 0 Å². The lowest BCUT2D eigenvalue weighted by molar-refractivity contribution is 0.0828. The molecule has 1 aliphatic heterocycles. The molecule has 0 bridgehead atoms. The van der Waals surface area contributed by atoms with Gasteiger partial charge in [0.1, 0.15) is 5.82 Å². The molecule has 1 saturated heterocycles. The number of carbonyl (C=O) groups excluding carboxylic acids is 1. The van der Waals surface area contributed by atoms with Crippen molar-refractivity contribution in [1.82, 2.24) is 24.7 Å². The summed E-state index contributed by atoms with van der Waals surface area (Å²) in [6.07, 6.45) is 1.77. The van der Waals surface area contributed by atoms with Crippen LogP contribution in [0.5, 0.6) is 0 Å². The first-order chi connectivity index (χ1) is 16.4. The van der Waals surface area contributed by atoms with Crippen molar-refractivity contribution < 1.29 is 4.79 Å². The van der Waals surface area contributed by atoms with Crippen molar-refractivity contribution in [3.63, 3.8) is 0 Å². The molecule has 8 nitrogen and oxygen atoms in total. The Labute approximate surface area is 201 Å². The molecule has 4 rings (SSSR count). The summed E-state index contributed by atoms with van der Waals surface area (Å²) in [6, 6.07) is 15.9. The number of benzene rings is 2. The number of anilines is 4. The molecular weight excluding hydrogens is 426 g/mol. The quantitative estimate of drug-likeness (QED) is 0.558. The van der Waals surface area contributed by atoms with Gasteiger partial charge in [-0.15, -0.1) is 0 Å². The Kier molecular flexibility index (Phi) is 7.40. The van der Waals surface area contributed by atoms with Crippen molar-refractivity contribution >= 4 is 29.0 Å². The van der Waals surface area contributed by atoms with Crippen LogP contribution in [-0.2, 0) is 6.54 Å². The molecule has 178 valence electrons. The van der Waals surface area contributed by atoms with Gasteiger partial charge in [0.15, 0.2) is 0 Å². The lowest BCUT2D eigenvalue weighted by Gasteiger charge is -2.32. The van der Waals surface area contributed by atoms with Gasteiger partial charge in [0.25, 0.3) is 5.91 Å². The third-order valence-corrected chi connectivity index (χ3v) is 6.00. The first-order valence-electron chi connectivity index (χ1n) is 11.6. The van der Waals surface area contributed by atoms with Gasteiger partial charge in [-0.3, -0.25) is 9.69 Å². The molecule has 1 fully saturated rings. The topological polar surface area (TPSA) is 76.6 Å². The fourth-order valence-electron chi connectivity index (χ4n) is 3.86. The number of nitrogens with one attached hydrogen (secondary N) is 2. The van der Waals surface area contributed by atoms with E-state index in [2.05, 4.69) is 61.7 Å². The standard InChI is InChI=1S/C26H33N7O/c1-19-17-27-26(30-24(19)29-23-8-6-5-7-22(23)25(34)31(2)3)28-21-11-9-20(10-12-21)18-33-15-13-32(4)14-16-33/h5-12,17H,13-16,18H2,1-4H3,(H2,27,28,29,30). The first kappa shape index (κ1) is 23.7. The number of aromatic nitrogens is 2. The molecule has 1 aromatic heterocycles. The predicted molar refractivity (Wildman–Crippen MR) is 137 cm³/mol. The number of rotatable bonds is 7. The van der Waals surface area contributed by atoms with E-state index in [1.54, 1.807) is 25.2 Å². The van der Waals surface area contributed by atoms with Crippen molar-refractivity contribution in [3.05, 3.63) is 71.4 Å². The number of aryl methyl sites for hydroxylation is 1. The molecule has 1 amide bonds. The van der Waals surface area contributed by atoms with Gasteiger partial charge in [0.05, 0.1) is 11.3 Å². The normalized spacial score (nSPS) is 14.6. The molecule has 34 heavy (non-hydrogen) atoms. The van der Waals surface area contributed by atoms with Gasteiger partial charge < -0.3 is 20.4 Å². The van der Waals surface area contributed by atoms with Gasteiger partial charge >= 0.3 is 0 Å². The van der Waals surface area contributed by atoms with Crippen molar-refractivity contribution in [1.29, 1.82) is 0 Å². The minimum Gasteiger partial charge on any atom is -0.345 e. The monoisotopic (exact) mass is 459 g/mol. The third kappa shape index (κ3) is 5.89. The average Bonchev–Trinajstić information content (AvgIpc) is 2.84. The second-order valence-corrected chi connectivity index (χ2v) is 9.00. The summed E-state index contributed by atoms with van der Waals surface area (Å²) in [5, 5.41) is 6.60. The molecular formula is C26H33N7O. The third-order valence-electron chi connectivity index (χ3n) is 6.00. The highest BCUT2D eigenvalue weighted by atomic mass is 16.2. The lowest BCUT2D eigenvalue weighted by Crippen LogP contribution is -2.43. The molecule has 2 aromatic carbocycles. The van der Waals surface area contributed by atoms with Gasteiger partial charge in [0.2, 0.25) is 5.95 Å². The lowest BCUT2D eigenvalue weighted by atomic mass is 10.1. The van der Waals surface area contributed by atoms with Gasteiger partial charge in [-0.05, 0) is 43.8 Å². The maximum atomic E-state index is 12.6. The van der Waals surface area contributed by atoms with Crippen LogP contribution in [0.2, 0.25) is 0 Å². The van der Waals surface area contributed by atoms with Crippen LogP contribution in [0, 0.1) is 6.92 Å². The summed E-state index contributed by atoms with van der Waals surface area (Å²) >= 11 is 0. The fraction of sp³-hybridized carbons (Fsp3) is 0.346. The Morgan fingerprint density at radius 1 is 1.00 bits per heavy atom. The van der Waals surface area contributed by atoms with Gasteiger partial charge in [0, 0.05) is 64.3 Å². The number of likely N-dealkylation sites (N-methyl/N-ethyl adjacent to an activating group) is 1. The summed E-state index contributed by atoms with van der Waals surface area (Å²) < 4.78 is 0. The fourth-order valence-corrected chi connectivity index (χ4v) is 3.86. The van der Waals surface area contributed by atoms with Crippen molar-refractivity contribution in [2.24, 2.45) is 0 Å². The SMILES string of the molecule is Cc1cnc(Nc2ccc(CN3CCN(C)CC3)cc2)nc1Nc1ccccc1C(=O)N(C)C. The van der Waals surface area contributed by atoms with Crippen LogP contribution < -0.4 is 10.6 Å². The number of hydrogen-bond donors (Lipinski definition) is 2. The van der Waals surface area contributed by atoms with E-state index in [0.717, 1.165) is 44.0 Å². The van der Waals surface area contributed by atoms with Crippen molar-refractivity contribution in [3.8, 4) is 0 Å². The van der Waals surface area contributed by atoms with Crippen LogP contribution in [0.4, 0.5) is 23.1 Å². The zero-order valence-electron chi connectivity index (χ0n) is 20.4. The van der Waals surface area contributed by atoms with Crippen LogP contribution in [0.15, 0.2) is 54.7 Å². The van der Waals surface area contributed by atoms with E-state index in [-0.39, 0.29) is 5.91 Å². The number of para-hydroxylation sites is 1. The summed E-state index contributed by atoms with van der Waals surface area (Å²) in [4.78, 5) is 28.1. The Balaban J connectivity index is 1.44. The highest BCUT2D eigenvalue weighted by molar-refractivity contribution is 6.00. The largest absolute Gasteiger partial charge is 0.345 e. The molecule has 1 aliphatic rings. The maximum Gasteiger partial charge on any atom is 0.255 e. The second kappa shape index (κ2) is 10.6. The summed E-state index contributed by atoms with van der Waals surface area (Å²) in [5.41, 5.74) is 4.42. The molecule has 8 heteroatoms. The van der Waals surface area contributed by atoms with Gasteiger partial charge in [-0.2, -0.15) is 4.98 Å². The molecule has 3 aromatic rings. The molecule has 0 saturated carbocycles. The van der Waals surface area contributed by atoms with Crippen molar-refractivity contribution in [2.45, 2.75) is 13.5 Å². The number of carbonyl (C=O) groups is 1. The molecule has 2 heterocycles. The van der Waals surface area contributed by atoms with E-state index in [1.165, 1.54) is 5.56 Å². The average molecular weight is 460 g/mol. The molecule has 0 spiro atoms. The highest BCUT2D eigenvalue weighted by Crippen LogP contribution is 2.24. The maximum absolute atomic E-state index is 12.6. The molecule has 0 aliphatic carbocycles. The van der Waals surface area contributed by atoms with Gasteiger partial charge in [-0.1, -0.05) is 24.3 Å². The smallest absolute Gasteiger partial charge is 0.255 e. The Morgan fingerprint density at radius 3 is 2.41 bits per heavy atom. The van der Waals surface area contributed by atoms with Crippen LogP contribution in [0.3, 0.4) is 0 Å². The van der Waals surface area contributed by atoms with E-state index >= 15 is 0 Å². The first-order valence-corrected chi connectivity index (χ1v) is 11.6. The molecule has 0 atom stereocenters. The highest BCUT2D eigenvalue weighted by Gasteiger charge is 2.15. The minimum atomic E-state index is -0.0650. The van der Waals surface area contributed by atoms with E-state index in [9.17, 15) is 4.79 Å². The zero-order valence-corrected chi connectivity index (χ0v) is 20.4. The Hall–Kier alpha value is -3.49. The number of piperazine rings is 1. The van der Waals surface area contributed by atoms with Crippen molar-refractivity contribution in [2.75, 3.05) is 58.0 Å². The Bertz CT molecular complexity index is 1120. The zero-order chi connectivity index (χ0) is 24.1. The number of amides is 1. The number of hydrogen-bond acceptors (Lipinski definition) is 7. The summed E-state index contributed by atoms with van der Waals surface area (Å²) in [7, 11) is 5.66. The second-order valence-electron chi connectivity index (χ2n) is 9.00. The van der Waals surface area contributed by atoms with E-state index in [4.69, 9.17) is 0 Å². The summed E-state index contributed by atoms with van der Waals surface area (Å²) in [5.74, 6) is 1.09. The molecule has 2 N–H and O–H groups in total. The van der Waals surface area contributed by atoms with Crippen LogP contribution in [0.25, 0.3) is 0 Å². The molecule has 0 radical (unpaired) electrons. The van der Waals surface area contributed by atoms with Crippen LogP contribution in [0.1, 0.15) is 21.5 Å².